The smallest absolute Gasteiger partial charge is 0.265 e. The molecule has 1 saturated heterocycles. The summed E-state index contributed by atoms with van der Waals surface area (Å²) in [6, 6.07) is 16.8. The Morgan fingerprint density at radius 1 is 1.04 bits per heavy atom. The van der Waals surface area contributed by atoms with Gasteiger partial charge in [-0.1, -0.05) is 18.2 Å². The highest BCUT2D eigenvalue weighted by Gasteiger charge is 2.30. The largest absolute Gasteiger partial charge is 0.332 e. The fraction of sp³-hybridized carbons (Fsp3) is 0.182. The van der Waals surface area contributed by atoms with Crippen molar-refractivity contribution in [2.24, 2.45) is 0 Å². The number of hydrogen-bond acceptors (Lipinski definition) is 3. The average molecular weight is 394 g/mol. The number of benzene rings is 2. The van der Waals surface area contributed by atoms with Gasteiger partial charge in [0.1, 0.15) is 5.82 Å². The molecular weight excluding hydrogens is 375 g/mol. The Kier molecular flexibility index (Phi) is 5.21. The maximum atomic E-state index is 13.2. The third-order valence-corrected chi connectivity index (χ3v) is 5.77. The predicted molar refractivity (Wildman–Crippen MR) is 108 cm³/mol. The quantitative estimate of drug-likeness (QED) is 0.668. The van der Waals surface area contributed by atoms with Gasteiger partial charge < -0.3 is 10.2 Å². The number of rotatable bonds is 4. The van der Waals surface area contributed by atoms with Gasteiger partial charge in [-0.05, 0) is 66.2 Å². The number of amides is 2. The molecule has 1 aliphatic rings. The summed E-state index contributed by atoms with van der Waals surface area (Å²) in [7, 11) is 0. The number of carbonyl (C=O) groups is 2. The van der Waals surface area contributed by atoms with Gasteiger partial charge in [-0.15, -0.1) is 11.3 Å². The van der Waals surface area contributed by atoms with Crippen molar-refractivity contribution in [1.82, 2.24) is 4.90 Å². The molecule has 0 radical (unpaired) electrons. The molecule has 142 valence electrons. The van der Waals surface area contributed by atoms with E-state index in [0.29, 0.717) is 22.7 Å². The molecule has 1 N–H and O–H groups in total. The summed E-state index contributed by atoms with van der Waals surface area (Å²) < 4.78 is 13.2. The fourth-order valence-corrected chi connectivity index (χ4v) is 4.12. The normalized spacial score (nSPS) is 16.2. The first kappa shape index (κ1) is 18.4. The van der Waals surface area contributed by atoms with Gasteiger partial charge >= 0.3 is 0 Å². The van der Waals surface area contributed by atoms with Gasteiger partial charge in [-0.25, -0.2) is 4.39 Å². The summed E-state index contributed by atoms with van der Waals surface area (Å²) >= 11 is 1.38. The lowest BCUT2D eigenvalue weighted by molar-refractivity contribution is 0.0735. The molecule has 0 bridgehead atoms. The van der Waals surface area contributed by atoms with E-state index in [9.17, 15) is 14.0 Å². The zero-order valence-corrected chi connectivity index (χ0v) is 15.9. The van der Waals surface area contributed by atoms with Crippen LogP contribution in [-0.4, -0.2) is 23.3 Å². The molecule has 1 unspecified atom stereocenters. The van der Waals surface area contributed by atoms with Crippen molar-refractivity contribution in [3.05, 3.63) is 87.9 Å². The van der Waals surface area contributed by atoms with Crippen LogP contribution < -0.4 is 5.32 Å². The van der Waals surface area contributed by atoms with Gasteiger partial charge in [0.15, 0.2) is 0 Å². The van der Waals surface area contributed by atoms with Crippen molar-refractivity contribution >= 4 is 28.8 Å². The lowest BCUT2D eigenvalue weighted by atomic mass is 10.0. The molecule has 1 fully saturated rings. The second-order valence-corrected chi connectivity index (χ2v) is 7.66. The number of anilines is 1. The first-order valence-electron chi connectivity index (χ1n) is 9.13. The standard InChI is InChI=1S/C22H19FN2O2S/c23-17-9-5-15(6-10-17)19-3-1-13-25(19)22(27)16-7-11-18(12-8-16)24-21(26)20-4-2-14-28-20/h2,4-12,14,19H,1,3,13H2,(H,24,26). The van der Waals surface area contributed by atoms with Crippen LogP contribution in [0.5, 0.6) is 0 Å². The fourth-order valence-electron chi connectivity index (χ4n) is 3.50. The zero-order valence-electron chi connectivity index (χ0n) is 15.1. The number of nitrogens with one attached hydrogen (secondary N) is 1. The Morgan fingerprint density at radius 2 is 1.79 bits per heavy atom. The second kappa shape index (κ2) is 7.94. The molecule has 0 spiro atoms. The van der Waals surface area contributed by atoms with Crippen LogP contribution in [0.4, 0.5) is 10.1 Å². The molecule has 4 nitrogen and oxygen atoms in total. The van der Waals surface area contributed by atoms with E-state index < -0.39 is 0 Å². The molecule has 1 atom stereocenters. The molecule has 3 aromatic rings. The maximum absolute atomic E-state index is 13.2. The Morgan fingerprint density at radius 3 is 2.46 bits per heavy atom. The molecule has 6 heteroatoms. The minimum Gasteiger partial charge on any atom is -0.332 e. The van der Waals surface area contributed by atoms with Crippen molar-refractivity contribution in [1.29, 1.82) is 0 Å². The highest BCUT2D eigenvalue weighted by molar-refractivity contribution is 7.12. The van der Waals surface area contributed by atoms with E-state index in [1.807, 2.05) is 16.3 Å². The number of hydrogen-bond donors (Lipinski definition) is 1. The second-order valence-electron chi connectivity index (χ2n) is 6.72. The van der Waals surface area contributed by atoms with Crippen LogP contribution in [0.3, 0.4) is 0 Å². The van der Waals surface area contributed by atoms with Gasteiger partial charge in [0.2, 0.25) is 0 Å². The van der Waals surface area contributed by atoms with E-state index in [4.69, 9.17) is 0 Å². The van der Waals surface area contributed by atoms with Crippen LogP contribution in [-0.2, 0) is 0 Å². The summed E-state index contributed by atoms with van der Waals surface area (Å²) in [5.74, 6) is -0.493. The van der Waals surface area contributed by atoms with Crippen molar-refractivity contribution in [3.63, 3.8) is 0 Å². The Hall–Kier alpha value is -2.99. The summed E-state index contributed by atoms with van der Waals surface area (Å²) in [6.45, 7) is 0.678. The van der Waals surface area contributed by atoms with E-state index in [0.717, 1.165) is 18.4 Å². The number of thiophene rings is 1. The van der Waals surface area contributed by atoms with Crippen molar-refractivity contribution in [2.75, 3.05) is 11.9 Å². The van der Waals surface area contributed by atoms with E-state index in [1.54, 1.807) is 42.5 Å². The summed E-state index contributed by atoms with van der Waals surface area (Å²) in [6.07, 6.45) is 1.79. The van der Waals surface area contributed by atoms with Gasteiger partial charge in [0.05, 0.1) is 10.9 Å². The molecular formula is C22H19FN2O2S. The first-order valence-corrected chi connectivity index (χ1v) is 10.0. The average Bonchev–Trinajstić information content (AvgIpc) is 3.41. The molecule has 28 heavy (non-hydrogen) atoms. The predicted octanol–water partition coefficient (Wildman–Crippen LogP) is 5.12. The van der Waals surface area contributed by atoms with Crippen LogP contribution in [0.2, 0.25) is 0 Å². The van der Waals surface area contributed by atoms with Crippen molar-refractivity contribution < 1.29 is 14.0 Å². The summed E-state index contributed by atoms with van der Waals surface area (Å²) in [5, 5.41) is 4.68. The van der Waals surface area contributed by atoms with Crippen LogP contribution in [0.1, 0.15) is 44.5 Å². The lowest BCUT2D eigenvalue weighted by Crippen LogP contribution is -2.30. The van der Waals surface area contributed by atoms with Gasteiger partial charge in [-0.2, -0.15) is 0 Å². The SMILES string of the molecule is O=C(Nc1ccc(C(=O)N2CCCC2c2ccc(F)cc2)cc1)c1cccs1. The Labute approximate surface area is 166 Å². The monoisotopic (exact) mass is 394 g/mol. The first-order chi connectivity index (χ1) is 13.6. The number of halogens is 1. The van der Waals surface area contributed by atoms with Crippen LogP contribution in [0.25, 0.3) is 0 Å². The third-order valence-electron chi connectivity index (χ3n) is 4.90. The highest BCUT2D eigenvalue weighted by atomic mass is 32.1. The molecule has 0 saturated carbocycles. The lowest BCUT2D eigenvalue weighted by Gasteiger charge is -2.25. The minimum atomic E-state index is -0.278. The molecule has 2 amide bonds. The molecule has 1 aromatic heterocycles. The highest BCUT2D eigenvalue weighted by Crippen LogP contribution is 2.33. The van der Waals surface area contributed by atoms with Gasteiger partial charge in [0, 0.05) is 17.8 Å². The van der Waals surface area contributed by atoms with E-state index in [-0.39, 0.29) is 23.7 Å². The van der Waals surface area contributed by atoms with Crippen LogP contribution >= 0.6 is 11.3 Å². The molecule has 2 heterocycles. The van der Waals surface area contributed by atoms with Gasteiger partial charge in [-0.3, -0.25) is 9.59 Å². The number of nitrogens with zero attached hydrogens (tertiary/aromatic N) is 1. The van der Waals surface area contributed by atoms with Crippen molar-refractivity contribution in [3.8, 4) is 0 Å². The topological polar surface area (TPSA) is 49.4 Å². The van der Waals surface area contributed by atoms with E-state index >= 15 is 0 Å². The Balaban J connectivity index is 1.47. The molecule has 2 aromatic carbocycles. The van der Waals surface area contributed by atoms with Crippen LogP contribution in [0.15, 0.2) is 66.0 Å². The minimum absolute atomic E-state index is 0.0358. The summed E-state index contributed by atoms with van der Waals surface area (Å²) in [4.78, 5) is 27.6. The van der Waals surface area contributed by atoms with Crippen molar-refractivity contribution in [2.45, 2.75) is 18.9 Å². The van der Waals surface area contributed by atoms with E-state index in [2.05, 4.69) is 5.32 Å². The Bertz CT molecular complexity index is 969. The van der Waals surface area contributed by atoms with E-state index in [1.165, 1.54) is 23.5 Å². The summed E-state index contributed by atoms with van der Waals surface area (Å²) in [5.41, 5.74) is 2.17. The van der Waals surface area contributed by atoms with Gasteiger partial charge in [0.25, 0.3) is 11.8 Å². The third kappa shape index (κ3) is 3.82. The number of likely N-dealkylation sites (tertiary alicyclic amines) is 1. The maximum Gasteiger partial charge on any atom is 0.265 e. The zero-order chi connectivity index (χ0) is 19.5. The molecule has 0 aliphatic carbocycles. The number of carbonyl (C=O) groups excluding carboxylic acids is 2. The van der Waals surface area contributed by atoms with Crippen LogP contribution in [0, 0.1) is 5.82 Å². The molecule has 4 rings (SSSR count). The molecule has 1 aliphatic heterocycles.